The summed E-state index contributed by atoms with van der Waals surface area (Å²) in [6.07, 6.45) is 4.26. The maximum atomic E-state index is 12.8. The number of amides is 1. The van der Waals surface area contributed by atoms with E-state index in [9.17, 15) is 9.59 Å². The normalized spacial score (nSPS) is 17.6. The average Bonchev–Trinajstić information content (AvgIpc) is 2.68. The third-order valence-electron chi connectivity index (χ3n) is 5.42. The minimum atomic E-state index is -0.303. The number of piperidine rings is 1. The highest BCUT2D eigenvalue weighted by atomic mass is 16.2. The van der Waals surface area contributed by atoms with Crippen LogP contribution in [0.1, 0.15) is 40.9 Å². The van der Waals surface area contributed by atoms with Crippen molar-refractivity contribution < 1.29 is 4.79 Å². The smallest absolute Gasteiger partial charge is 0.260 e. The Balaban J connectivity index is 1.55. The van der Waals surface area contributed by atoms with Crippen molar-refractivity contribution in [1.29, 1.82) is 0 Å². The van der Waals surface area contributed by atoms with Crippen LogP contribution in [0.2, 0.25) is 0 Å². The van der Waals surface area contributed by atoms with Crippen LogP contribution in [-0.4, -0.2) is 53.4 Å². The zero-order valence-corrected chi connectivity index (χ0v) is 16.3. The molecule has 1 aromatic carbocycles. The monoisotopic (exact) mass is 367 g/mol. The number of benzene rings is 1. The number of aromatic nitrogens is 1. The fourth-order valence-corrected chi connectivity index (χ4v) is 3.80. The Hall–Kier alpha value is -2.40. The molecule has 3 rings (SSSR count). The van der Waals surface area contributed by atoms with Crippen molar-refractivity contribution in [3.8, 4) is 0 Å². The number of nitrogens with one attached hydrogen (secondary N) is 1. The summed E-state index contributed by atoms with van der Waals surface area (Å²) >= 11 is 0. The van der Waals surface area contributed by atoms with Crippen molar-refractivity contribution in [2.24, 2.45) is 0 Å². The van der Waals surface area contributed by atoms with E-state index in [1.807, 2.05) is 20.0 Å². The number of carbonyl (C=O) groups is 1. The van der Waals surface area contributed by atoms with Crippen molar-refractivity contribution >= 4 is 5.91 Å². The van der Waals surface area contributed by atoms with Gasteiger partial charge in [0.05, 0.1) is 0 Å². The average molecular weight is 367 g/mol. The molecule has 27 heavy (non-hydrogen) atoms. The van der Waals surface area contributed by atoms with Crippen LogP contribution in [0.3, 0.4) is 0 Å². The molecule has 1 aliphatic rings. The standard InChI is InChI=1S/C22H29N3O2/c1-17-12-13-20(21(26)23-17)22(27)24(2)19-11-7-15-25(16-19)14-6-10-18-8-4-3-5-9-18/h3-5,8-9,12-13,19H,6-7,10-11,14-16H2,1-2H3,(H,23,26)/t19-/m0/s1. The molecule has 1 atom stereocenters. The molecule has 0 bridgehead atoms. The molecular weight excluding hydrogens is 338 g/mol. The number of hydrogen-bond donors (Lipinski definition) is 1. The van der Waals surface area contributed by atoms with Crippen molar-refractivity contribution in [1.82, 2.24) is 14.8 Å². The summed E-state index contributed by atoms with van der Waals surface area (Å²) in [5, 5.41) is 0. The molecule has 2 aromatic rings. The first-order valence-corrected chi connectivity index (χ1v) is 9.78. The molecule has 1 aromatic heterocycles. The molecule has 1 amide bonds. The Morgan fingerprint density at radius 2 is 2.00 bits per heavy atom. The predicted octanol–water partition coefficient (Wildman–Crippen LogP) is 2.85. The Kier molecular flexibility index (Phi) is 6.45. The van der Waals surface area contributed by atoms with Crippen LogP contribution in [-0.2, 0) is 6.42 Å². The van der Waals surface area contributed by atoms with Crippen LogP contribution < -0.4 is 5.56 Å². The first-order chi connectivity index (χ1) is 13.0. The Labute approximate surface area is 161 Å². The summed E-state index contributed by atoms with van der Waals surface area (Å²) in [5.41, 5.74) is 2.06. The van der Waals surface area contributed by atoms with Gasteiger partial charge in [-0.15, -0.1) is 0 Å². The predicted molar refractivity (Wildman–Crippen MR) is 108 cm³/mol. The quantitative estimate of drug-likeness (QED) is 0.854. The molecule has 1 N–H and O–H groups in total. The number of pyridine rings is 1. The summed E-state index contributed by atoms with van der Waals surface area (Å²) in [6, 6.07) is 14.1. The number of nitrogens with zero attached hydrogens (tertiary/aromatic N) is 2. The van der Waals surface area contributed by atoms with Crippen LogP contribution in [0.5, 0.6) is 0 Å². The van der Waals surface area contributed by atoms with E-state index in [0.29, 0.717) is 0 Å². The van der Waals surface area contributed by atoms with E-state index in [0.717, 1.165) is 51.0 Å². The third kappa shape index (κ3) is 5.07. The molecule has 2 heterocycles. The van der Waals surface area contributed by atoms with Gasteiger partial charge >= 0.3 is 0 Å². The Bertz CT molecular complexity index is 816. The minimum absolute atomic E-state index is 0.156. The second kappa shape index (κ2) is 9.00. The van der Waals surface area contributed by atoms with Gasteiger partial charge in [0.2, 0.25) is 0 Å². The maximum absolute atomic E-state index is 12.8. The van der Waals surface area contributed by atoms with Gasteiger partial charge in [0.25, 0.3) is 11.5 Å². The van der Waals surface area contributed by atoms with Crippen molar-refractivity contribution in [2.45, 2.75) is 38.6 Å². The highest BCUT2D eigenvalue weighted by Crippen LogP contribution is 2.17. The largest absolute Gasteiger partial charge is 0.337 e. The van der Waals surface area contributed by atoms with Gasteiger partial charge in [-0.05, 0) is 63.4 Å². The first-order valence-electron chi connectivity index (χ1n) is 9.78. The molecule has 0 unspecified atom stereocenters. The molecule has 144 valence electrons. The zero-order chi connectivity index (χ0) is 19.2. The third-order valence-corrected chi connectivity index (χ3v) is 5.42. The number of aromatic amines is 1. The van der Waals surface area contributed by atoms with Gasteiger partial charge < -0.3 is 14.8 Å². The lowest BCUT2D eigenvalue weighted by atomic mass is 10.0. The van der Waals surface area contributed by atoms with E-state index in [1.165, 1.54) is 5.56 Å². The van der Waals surface area contributed by atoms with E-state index >= 15 is 0 Å². The number of likely N-dealkylation sites (tertiary alicyclic amines) is 1. The van der Waals surface area contributed by atoms with Gasteiger partial charge in [0, 0.05) is 25.3 Å². The van der Waals surface area contributed by atoms with E-state index in [4.69, 9.17) is 0 Å². The highest BCUT2D eigenvalue weighted by Gasteiger charge is 2.27. The topological polar surface area (TPSA) is 56.4 Å². The van der Waals surface area contributed by atoms with Gasteiger partial charge in [0.15, 0.2) is 0 Å². The molecule has 1 aliphatic heterocycles. The maximum Gasteiger partial charge on any atom is 0.260 e. The van der Waals surface area contributed by atoms with Gasteiger partial charge in [-0.3, -0.25) is 9.59 Å². The molecule has 0 saturated carbocycles. The van der Waals surface area contributed by atoms with Crippen molar-refractivity contribution in [2.75, 3.05) is 26.7 Å². The van der Waals surface area contributed by atoms with E-state index in [-0.39, 0.29) is 23.1 Å². The first kappa shape index (κ1) is 19.4. The molecule has 5 nitrogen and oxygen atoms in total. The molecule has 1 saturated heterocycles. The van der Waals surface area contributed by atoms with E-state index < -0.39 is 0 Å². The van der Waals surface area contributed by atoms with Crippen LogP contribution in [0, 0.1) is 6.92 Å². The minimum Gasteiger partial charge on any atom is -0.337 e. The molecular formula is C22H29N3O2. The lowest BCUT2D eigenvalue weighted by Gasteiger charge is -2.37. The molecule has 1 fully saturated rings. The number of rotatable bonds is 6. The second-order valence-electron chi connectivity index (χ2n) is 7.49. The van der Waals surface area contributed by atoms with Crippen LogP contribution in [0.4, 0.5) is 0 Å². The van der Waals surface area contributed by atoms with Gasteiger partial charge in [-0.1, -0.05) is 30.3 Å². The van der Waals surface area contributed by atoms with Crippen LogP contribution in [0.15, 0.2) is 47.3 Å². The fourth-order valence-electron chi connectivity index (χ4n) is 3.80. The lowest BCUT2D eigenvalue weighted by Crippen LogP contribution is -2.49. The van der Waals surface area contributed by atoms with E-state index in [1.54, 1.807) is 17.0 Å². The summed E-state index contributed by atoms with van der Waals surface area (Å²) in [4.78, 5) is 31.8. The van der Waals surface area contributed by atoms with Gasteiger partial charge in [0.1, 0.15) is 5.56 Å². The second-order valence-corrected chi connectivity index (χ2v) is 7.49. The van der Waals surface area contributed by atoms with E-state index in [2.05, 4.69) is 34.1 Å². The number of likely N-dealkylation sites (N-methyl/N-ethyl adjacent to an activating group) is 1. The number of hydrogen-bond acceptors (Lipinski definition) is 3. The fraction of sp³-hybridized carbons (Fsp3) is 0.455. The van der Waals surface area contributed by atoms with Gasteiger partial charge in [-0.25, -0.2) is 0 Å². The number of H-pyrrole nitrogens is 1. The molecule has 0 aliphatic carbocycles. The molecule has 0 radical (unpaired) electrons. The van der Waals surface area contributed by atoms with Crippen molar-refractivity contribution in [3.05, 3.63) is 69.6 Å². The zero-order valence-electron chi connectivity index (χ0n) is 16.3. The Morgan fingerprint density at radius 3 is 2.74 bits per heavy atom. The van der Waals surface area contributed by atoms with Crippen LogP contribution >= 0.6 is 0 Å². The summed E-state index contributed by atoms with van der Waals surface area (Å²) in [6.45, 7) is 4.81. The highest BCUT2D eigenvalue weighted by molar-refractivity contribution is 5.93. The lowest BCUT2D eigenvalue weighted by molar-refractivity contribution is 0.0615. The molecule has 5 heteroatoms. The van der Waals surface area contributed by atoms with Gasteiger partial charge in [-0.2, -0.15) is 0 Å². The van der Waals surface area contributed by atoms with Crippen LogP contribution in [0.25, 0.3) is 0 Å². The summed E-state index contributed by atoms with van der Waals surface area (Å²) < 4.78 is 0. The number of carbonyl (C=O) groups excluding carboxylic acids is 1. The Morgan fingerprint density at radius 1 is 1.22 bits per heavy atom. The number of aryl methyl sites for hydroxylation is 2. The van der Waals surface area contributed by atoms with Crippen molar-refractivity contribution in [3.63, 3.8) is 0 Å². The summed E-state index contributed by atoms with van der Waals surface area (Å²) in [7, 11) is 1.82. The summed E-state index contributed by atoms with van der Waals surface area (Å²) in [5.74, 6) is -0.188. The SMILES string of the molecule is Cc1ccc(C(=O)N(C)[C@H]2CCCN(CCCc3ccccc3)C2)c(=O)[nH]1. The molecule has 0 spiro atoms.